The molecule has 1 unspecified atom stereocenters. The molecular formula is C14H19NO3. The lowest BCUT2D eigenvalue weighted by Gasteiger charge is -2.17. The van der Waals surface area contributed by atoms with Gasteiger partial charge in [-0.3, -0.25) is 4.79 Å². The number of hydrogen-bond acceptors (Lipinski definition) is 3. The van der Waals surface area contributed by atoms with E-state index in [1.165, 1.54) is 0 Å². The highest BCUT2D eigenvalue weighted by Gasteiger charge is 2.42. The number of ether oxygens (including phenoxy) is 1. The second-order valence-electron chi connectivity index (χ2n) is 5.24. The molecule has 0 saturated heterocycles. The first-order valence-electron chi connectivity index (χ1n) is 5.99. The van der Waals surface area contributed by atoms with Gasteiger partial charge < -0.3 is 14.7 Å². The molecule has 1 aliphatic rings. The van der Waals surface area contributed by atoms with E-state index < -0.39 is 11.5 Å². The van der Waals surface area contributed by atoms with Gasteiger partial charge in [0.25, 0.3) is 0 Å². The first-order valence-corrected chi connectivity index (χ1v) is 5.99. The molecule has 0 saturated carbocycles. The van der Waals surface area contributed by atoms with Gasteiger partial charge in [0.15, 0.2) is 0 Å². The SMILES string of the molecule is COCC(O)c1ccc2c(c1)C(C)(C)C(=O)N2C. The Kier molecular flexibility index (Phi) is 3.17. The lowest BCUT2D eigenvalue weighted by atomic mass is 9.85. The Bertz CT molecular complexity index is 482. The zero-order valence-electron chi connectivity index (χ0n) is 11.2. The summed E-state index contributed by atoms with van der Waals surface area (Å²) in [5, 5.41) is 9.93. The van der Waals surface area contributed by atoms with Crippen molar-refractivity contribution in [1.29, 1.82) is 0 Å². The maximum absolute atomic E-state index is 12.1. The van der Waals surface area contributed by atoms with E-state index >= 15 is 0 Å². The number of aliphatic hydroxyl groups is 1. The fraction of sp³-hybridized carbons (Fsp3) is 0.500. The normalized spacial score (nSPS) is 18.9. The summed E-state index contributed by atoms with van der Waals surface area (Å²) in [6.45, 7) is 4.07. The molecular weight excluding hydrogens is 230 g/mol. The Morgan fingerprint density at radius 1 is 1.44 bits per heavy atom. The van der Waals surface area contributed by atoms with Gasteiger partial charge in [-0.2, -0.15) is 0 Å². The van der Waals surface area contributed by atoms with E-state index in [1.54, 1.807) is 19.1 Å². The predicted molar refractivity (Wildman–Crippen MR) is 69.7 cm³/mol. The third kappa shape index (κ3) is 1.82. The average molecular weight is 249 g/mol. The van der Waals surface area contributed by atoms with Gasteiger partial charge in [0.05, 0.1) is 12.0 Å². The quantitative estimate of drug-likeness (QED) is 0.885. The van der Waals surface area contributed by atoms with Crippen molar-refractivity contribution in [2.24, 2.45) is 0 Å². The van der Waals surface area contributed by atoms with Crippen molar-refractivity contribution in [2.45, 2.75) is 25.4 Å². The second-order valence-corrected chi connectivity index (χ2v) is 5.24. The summed E-state index contributed by atoms with van der Waals surface area (Å²) in [7, 11) is 3.33. The van der Waals surface area contributed by atoms with Gasteiger partial charge >= 0.3 is 0 Å². The van der Waals surface area contributed by atoms with Crippen LogP contribution >= 0.6 is 0 Å². The number of likely N-dealkylation sites (N-methyl/N-ethyl adjacent to an activating group) is 1. The molecule has 1 N–H and O–H groups in total. The van der Waals surface area contributed by atoms with Gasteiger partial charge in [-0.05, 0) is 37.1 Å². The van der Waals surface area contributed by atoms with Crippen LogP contribution < -0.4 is 4.90 Å². The van der Waals surface area contributed by atoms with Crippen LogP contribution in [0.1, 0.15) is 31.1 Å². The van der Waals surface area contributed by atoms with E-state index in [1.807, 2.05) is 32.0 Å². The fourth-order valence-corrected chi connectivity index (χ4v) is 2.45. The zero-order chi connectivity index (χ0) is 13.5. The average Bonchev–Trinajstić information content (AvgIpc) is 2.51. The van der Waals surface area contributed by atoms with Gasteiger partial charge in [-0.15, -0.1) is 0 Å². The molecule has 18 heavy (non-hydrogen) atoms. The highest BCUT2D eigenvalue weighted by atomic mass is 16.5. The molecule has 0 fully saturated rings. The number of rotatable bonds is 3. The number of amides is 1. The Balaban J connectivity index is 2.45. The summed E-state index contributed by atoms with van der Waals surface area (Å²) in [6, 6.07) is 5.63. The maximum Gasteiger partial charge on any atom is 0.236 e. The molecule has 0 spiro atoms. The number of anilines is 1. The van der Waals surface area contributed by atoms with Crippen molar-refractivity contribution in [2.75, 3.05) is 25.7 Å². The van der Waals surface area contributed by atoms with Crippen molar-refractivity contribution in [3.8, 4) is 0 Å². The van der Waals surface area contributed by atoms with Gasteiger partial charge in [0, 0.05) is 19.8 Å². The fourth-order valence-electron chi connectivity index (χ4n) is 2.45. The molecule has 1 aliphatic heterocycles. The summed E-state index contributed by atoms with van der Waals surface area (Å²) < 4.78 is 4.94. The van der Waals surface area contributed by atoms with Crippen molar-refractivity contribution in [1.82, 2.24) is 0 Å². The minimum Gasteiger partial charge on any atom is -0.386 e. The Morgan fingerprint density at radius 2 is 2.11 bits per heavy atom. The van der Waals surface area contributed by atoms with Crippen molar-refractivity contribution in [3.05, 3.63) is 29.3 Å². The Hall–Kier alpha value is -1.39. The molecule has 98 valence electrons. The van der Waals surface area contributed by atoms with E-state index in [0.717, 1.165) is 16.8 Å². The van der Waals surface area contributed by atoms with Gasteiger partial charge in [-0.1, -0.05) is 6.07 Å². The highest BCUT2D eigenvalue weighted by molar-refractivity contribution is 6.07. The molecule has 4 nitrogen and oxygen atoms in total. The topological polar surface area (TPSA) is 49.8 Å². The van der Waals surface area contributed by atoms with Crippen LogP contribution in [0.3, 0.4) is 0 Å². The van der Waals surface area contributed by atoms with E-state index in [2.05, 4.69) is 0 Å². The number of carbonyl (C=O) groups is 1. The third-order valence-electron chi connectivity index (χ3n) is 3.60. The molecule has 1 aromatic rings. The lowest BCUT2D eigenvalue weighted by molar-refractivity contribution is -0.121. The monoisotopic (exact) mass is 249 g/mol. The molecule has 1 amide bonds. The minimum atomic E-state index is -0.655. The van der Waals surface area contributed by atoms with Crippen LogP contribution in [0.5, 0.6) is 0 Å². The maximum atomic E-state index is 12.1. The molecule has 2 rings (SSSR count). The summed E-state index contributed by atoms with van der Waals surface area (Å²) in [5.74, 6) is 0.0795. The standard InChI is InChI=1S/C14H19NO3/c1-14(2)10-7-9(12(16)8-18-4)5-6-11(10)15(3)13(14)17/h5-7,12,16H,8H2,1-4H3. The Labute approximate surface area is 107 Å². The molecule has 1 aromatic carbocycles. The summed E-state index contributed by atoms with van der Waals surface area (Å²) >= 11 is 0. The van der Waals surface area contributed by atoms with Crippen molar-refractivity contribution >= 4 is 11.6 Å². The van der Waals surface area contributed by atoms with Gasteiger partial charge in [0.2, 0.25) is 5.91 Å². The molecule has 0 aromatic heterocycles. The summed E-state index contributed by atoms with van der Waals surface area (Å²) in [4.78, 5) is 13.8. The minimum absolute atomic E-state index is 0.0795. The molecule has 4 heteroatoms. The van der Waals surface area contributed by atoms with Crippen LogP contribution in [0.2, 0.25) is 0 Å². The summed E-state index contributed by atoms with van der Waals surface area (Å²) in [6.07, 6.45) is -0.655. The second kappa shape index (κ2) is 4.37. The predicted octanol–water partition coefficient (Wildman–Crippen LogP) is 1.62. The number of hydrogen-bond donors (Lipinski definition) is 1. The van der Waals surface area contributed by atoms with E-state index in [0.29, 0.717) is 0 Å². The first-order chi connectivity index (χ1) is 8.39. The van der Waals surface area contributed by atoms with Gasteiger partial charge in [-0.25, -0.2) is 0 Å². The lowest BCUT2D eigenvalue weighted by Crippen LogP contribution is -2.33. The van der Waals surface area contributed by atoms with Gasteiger partial charge in [0.1, 0.15) is 6.10 Å². The van der Waals surface area contributed by atoms with Crippen LogP contribution in [0.4, 0.5) is 5.69 Å². The van der Waals surface area contributed by atoms with Crippen LogP contribution in [0, 0.1) is 0 Å². The van der Waals surface area contributed by atoms with Crippen LogP contribution in [0.15, 0.2) is 18.2 Å². The number of nitrogens with zero attached hydrogens (tertiary/aromatic N) is 1. The highest BCUT2D eigenvalue weighted by Crippen LogP contribution is 2.41. The molecule has 1 atom stereocenters. The summed E-state index contributed by atoms with van der Waals surface area (Å²) in [5.41, 5.74) is 2.13. The van der Waals surface area contributed by atoms with E-state index in [4.69, 9.17) is 4.74 Å². The van der Waals surface area contributed by atoms with Crippen LogP contribution in [-0.2, 0) is 14.9 Å². The number of carbonyl (C=O) groups excluding carboxylic acids is 1. The molecule has 0 bridgehead atoms. The number of benzene rings is 1. The molecule has 0 aliphatic carbocycles. The Morgan fingerprint density at radius 3 is 2.72 bits per heavy atom. The molecule has 1 heterocycles. The van der Waals surface area contributed by atoms with Crippen molar-refractivity contribution in [3.63, 3.8) is 0 Å². The number of aliphatic hydroxyl groups excluding tert-OH is 1. The zero-order valence-corrected chi connectivity index (χ0v) is 11.2. The van der Waals surface area contributed by atoms with E-state index in [9.17, 15) is 9.90 Å². The number of methoxy groups -OCH3 is 1. The van der Waals surface area contributed by atoms with Crippen LogP contribution in [-0.4, -0.2) is 31.8 Å². The smallest absolute Gasteiger partial charge is 0.236 e. The number of fused-ring (bicyclic) bond motifs is 1. The van der Waals surface area contributed by atoms with Crippen molar-refractivity contribution < 1.29 is 14.6 Å². The largest absolute Gasteiger partial charge is 0.386 e. The van der Waals surface area contributed by atoms with Crippen LogP contribution in [0.25, 0.3) is 0 Å². The molecule has 0 radical (unpaired) electrons. The first kappa shape index (κ1) is 13.1. The van der Waals surface area contributed by atoms with E-state index in [-0.39, 0.29) is 12.5 Å². The third-order valence-corrected chi connectivity index (χ3v) is 3.60.